The predicted octanol–water partition coefficient (Wildman–Crippen LogP) is 6.33. The van der Waals surface area contributed by atoms with Gasteiger partial charge in [-0.05, 0) is 89.1 Å². The molecule has 0 spiro atoms. The smallest absolute Gasteiger partial charge is 0.264 e. The Hall–Kier alpha value is -3.88. The van der Waals surface area contributed by atoms with Crippen LogP contribution in [0.5, 0.6) is 0 Å². The molecule has 1 aromatic heterocycles. The molecular formula is C31H33ClN4O3S. The van der Waals surface area contributed by atoms with Crippen LogP contribution in [0, 0.1) is 41.5 Å². The molecule has 0 aliphatic heterocycles. The number of rotatable bonds is 8. The fourth-order valence-corrected chi connectivity index (χ4v) is 6.16. The number of aromatic nitrogens is 1. The SMILES string of the molecule is Cc1ccc(S(=O)(=O)N(CC(=O)N/N=C\c2cc(C)n(-c3ccc(C)cc3C)c2C)c2ccc(C)c(Cl)c2)cc1. The largest absolute Gasteiger partial charge is 0.318 e. The minimum Gasteiger partial charge on any atom is -0.318 e. The van der Waals surface area contributed by atoms with Gasteiger partial charge >= 0.3 is 0 Å². The number of halogens is 1. The zero-order valence-corrected chi connectivity index (χ0v) is 25.1. The van der Waals surface area contributed by atoms with E-state index in [4.69, 9.17) is 11.6 Å². The lowest BCUT2D eigenvalue weighted by Gasteiger charge is -2.24. The van der Waals surface area contributed by atoms with E-state index in [1.165, 1.54) is 17.7 Å². The first-order chi connectivity index (χ1) is 18.9. The zero-order chi connectivity index (χ0) is 29.2. The molecule has 3 aromatic carbocycles. The molecule has 0 aliphatic rings. The van der Waals surface area contributed by atoms with Gasteiger partial charge in [0, 0.05) is 27.7 Å². The summed E-state index contributed by atoms with van der Waals surface area (Å²) < 4.78 is 30.4. The number of nitrogens with one attached hydrogen (secondary N) is 1. The van der Waals surface area contributed by atoms with Crippen LogP contribution in [0.3, 0.4) is 0 Å². The van der Waals surface area contributed by atoms with Gasteiger partial charge < -0.3 is 4.57 Å². The molecule has 4 aromatic rings. The van der Waals surface area contributed by atoms with Gasteiger partial charge in [-0.25, -0.2) is 13.8 Å². The van der Waals surface area contributed by atoms with E-state index >= 15 is 0 Å². The lowest BCUT2D eigenvalue weighted by molar-refractivity contribution is -0.119. The van der Waals surface area contributed by atoms with Crippen LogP contribution >= 0.6 is 11.6 Å². The highest BCUT2D eigenvalue weighted by atomic mass is 35.5. The summed E-state index contributed by atoms with van der Waals surface area (Å²) in [4.78, 5) is 13.1. The summed E-state index contributed by atoms with van der Waals surface area (Å²) >= 11 is 6.31. The Morgan fingerprint density at radius 3 is 2.23 bits per heavy atom. The number of hydrogen-bond acceptors (Lipinski definition) is 4. The minimum atomic E-state index is -4.06. The molecule has 0 aliphatic carbocycles. The molecule has 1 amide bonds. The number of anilines is 1. The van der Waals surface area contributed by atoms with Crippen LogP contribution in [-0.4, -0.2) is 31.7 Å². The van der Waals surface area contributed by atoms with E-state index in [9.17, 15) is 13.2 Å². The molecule has 7 nitrogen and oxygen atoms in total. The minimum absolute atomic E-state index is 0.0740. The van der Waals surface area contributed by atoms with E-state index in [2.05, 4.69) is 47.1 Å². The molecule has 0 saturated carbocycles. The molecule has 40 heavy (non-hydrogen) atoms. The Morgan fingerprint density at radius 1 is 0.900 bits per heavy atom. The quantitative estimate of drug-likeness (QED) is 0.197. The third kappa shape index (κ3) is 6.13. The second kappa shape index (κ2) is 11.7. The predicted molar refractivity (Wildman–Crippen MR) is 162 cm³/mol. The molecular weight excluding hydrogens is 544 g/mol. The Labute approximate surface area is 241 Å². The van der Waals surface area contributed by atoms with E-state index in [1.54, 1.807) is 36.5 Å². The van der Waals surface area contributed by atoms with Gasteiger partial charge in [-0.3, -0.25) is 9.10 Å². The number of nitrogens with zero attached hydrogens (tertiary/aromatic N) is 3. The first kappa shape index (κ1) is 29.1. The van der Waals surface area contributed by atoms with Gasteiger partial charge in [0.05, 0.1) is 16.8 Å². The van der Waals surface area contributed by atoms with Gasteiger partial charge in [0.15, 0.2) is 0 Å². The average molecular weight is 577 g/mol. The Morgan fingerprint density at radius 2 is 1.57 bits per heavy atom. The number of aryl methyl sites for hydroxylation is 5. The van der Waals surface area contributed by atoms with E-state index < -0.39 is 22.5 Å². The van der Waals surface area contributed by atoms with E-state index in [1.807, 2.05) is 33.8 Å². The Kier molecular flexibility index (Phi) is 8.51. The van der Waals surface area contributed by atoms with Crippen LogP contribution in [0.4, 0.5) is 5.69 Å². The highest BCUT2D eigenvalue weighted by molar-refractivity contribution is 7.92. The van der Waals surface area contributed by atoms with Crippen molar-refractivity contribution in [3.63, 3.8) is 0 Å². The van der Waals surface area contributed by atoms with E-state index in [0.29, 0.717) is 5.02 Å². The molecule has 0 bridgehead atoms. The van der Waals surface area contributed by atoms with Crippen LogP contribution in [0.15, 0.2) is 76.7 Å². The molecule has 0 radical (unpaired) electrons. The van der Waals surface area contributed by atoms with Crippen molar-refractivity contribution in [2.24, 2.45) is 5.10 Å². The van der Waals surface area contributed by atoms with Crippen LogP contribution in [0.2, 0.25) is 5.02 Å². The van der Waals surface area contributed by atoms with Crippen molar-refractivity contribution < 1.29 is 13.2 Å². The summed E-state index contributed by atoms with van der Waals surface area (Å²) in [6, 6.07) is 19.7. The highest BCUT2D eigenvalue weighted by Crippen LogP contribution is 2.28. The molecule has 1 N–H and O–H groups in total. The molecule has 4 rings (SSSR count). The number of benzene rings is 3. The van der Waals surface area contributed by atoms with Crippen LogP contribution in [-0.2, 0) is 14.8 Å². The van der Waals surface area contributed by atoms with Gasteiger partial charge in [0.2, 0.25) is 0 Å². The zero-order valence-electron chi connectivity index (χ0n) is 23.5. The monoisotopic (exact) mass is 576 g/mol. The Bertz CT molecular complexity index is 1710. The molecule has 9 heteroatoms. The standard InChI is InChI=1S/C31H33ClN4O3S/c1-20-7-12-28(13-8-20)40(38,39)35(27-11-10-22(3)29(32)17-27)19-31(37)34-33-18-26-16-24(5)36(25(26)6)30-14-9-21(2)15-23(30)4/h7-18H,19H2,1-6H3,(H,34,37)/b33-18-. The van der Waals surface area contributed by atoms with Crippen LogP contribution < -0.4 is 9.73 Å². The van der Waals surface area contributed by atoms with Crippen molar-refractivity contribution in [2.75, 3.05) is 10.8 Å². The van der Waals surface area contributed by atoms with Crippen LogP contribution in [0.25, 0.3) is 5.69 Å². The summed E-state index contributed by atoms with van der Waals surface area (Å²) in [5.41, 5.74) is 10.8. The van der Waals surface area contributed by atoms with Crippen LogP contribution in [0.1, 0.15) is 39.2 Å². The second-order valence-corrected chi connectivity index (χ2v) is 12.3. The maximum absolute atomic E-state index is 13.6. The molecule has 208 valence electrons. The van der Waals surface area contributed by atoms with Gasteiger partial charge in [-0.15, -0.1) is 0 Å². The first-order valence-corrected chi connectivity index (χ1v) is 14.6. The maximum Gasteiger partial charge on any atom is 0.264 e. The molecule has 1 heterocycles. The van der Waals surface area contributed by atoms with Crippen molar-refractivity contribution in [3.05, 3.63) is 111 Å². The van der Waals surface area contributed by atoms with E-state index in [0.717, 1.165) is 43.6 Å². The lowest BCUT2D eigenvalue weighted by atomic mass is 10.1. The number of sulfonamides is 1. The topological polar surface area (TPSA) is 83.8 Å². The summed E-state index contributed by atoms with van der Waals surface area (Å²) in [5.74, 6) is -0.591. The fourth-order valence-electron chi connectivity index (χ4n) is 4.57. The molecule has 0 saturated heterocycles. The van der Waals surface area contributed by atoms with E-state index in [-0.39, 0.29) is 10.6 Å². The maximum atomic E-state index is 13.6. The first-order valence-electron chi connectivity index (χ1n) is 12.8. The number of hydrogen-bond donors (Lipinski definition) is 1. The number of carbonyl (C=O) groups is 1. The highest BCUT2D eigenvalue weighted by Gasteiger charge is 2.27. The second-order valence-electron chi connectivity index (χ2n) is 10.0. The van der Waals surface area contributed by atoms with Crippen molar-refractivity contribution in [1.82, 2.24) is 9.99 Å². The summed E-state index contributed by atoms with van der Waals surface area (Å²) in [6.07, 6.45) is 1.57. The number of hydrazone groups is 1. The summed E-state index contributed by atoms with van der Waals surface area (Å²) in [5, 5.41) is 4.55. The third-order valence-electron chi connectivity index (χ3n) is 6.80. The van der Waals surface area contributed by atoms with Gasteiger partial charge in [0.25, 0.3) is 15.9 Å². The van der Waals surface area contributed by atoms with Crippen molar-refractivity contribution in [2.45, 2.75) is 46.4 Å². The van der Waals surface area contributed by atoms with Crippen molar-refractivity contribution >= 4 is 39.4 Å². The molecule has 0 fully saturated rings. The number of amides is 1. The normalized spacial score (nSPS) is 11.7. The molecule has 0 atom stereocenters. The van der Waals surface area contributed by atoms with Crippen molar-refractivity contribution in [3.8, 4) is 5.69 Å². The summed E-state index contributed by atoms with van der Waals surface area (Å²) in [6.45, 7) is 11.4. The van der Waals surface area contributed by atoms with Gasteiger partial charge in [-0.2, -0.15) is 5.10 Å². The average Bonchev–Trinajstić information content (AvgIpc) is 3.17. The summed E-state index contributed by atoms with van der Waals surface area (Å²) in [7, 11) is -4.06. The van der Waals surface area contributed by atoms with Crippen molar-refractivity contribution in [1.29, 1.82) is 0 Å². The fraction of sp³-hybridized carbons (Fsp3) is 0.226. The van der Waals surface area contributed by atoms with Gasteiger partial charge in [0.1, 0.15) is 6.54 Å². The lowest BCUT2D eigenvalue weighted by Crippen LogP contribution is -2.39. The molecule has 0 unspecified atom stereocenters. The third-order valence-corrected chi connectivity index (χ3v) is 8.99. The Balaban J connectivity index is 1.58. The van der Waals surface area contributed by atoms with Gasteiger partial charge in [-0.1, -0.05) is 53.1 Å². The number of carbonyl (C=O) groups excluding carboxylic acids is 1.